The van der Waals surface area contributed by atoms with Gasteiger partial charge in [0.05, 0.1) is 11.7 Å². The molecule has 2 aliphatic rings. The summed E-state index contributed by atoms with van der Waals surface area (Å²) in [5, 5.41) is 3.84. The van der Waals surface area contributed by atoms with Gasteiger partial charge in [0.2, 0.25) is 11.8 Å². The van der Waals surface area contributed by atoms with Gasteiger partial charge in [0.15, 0.2) is 0 Å². The Morgan fingerprint density at radius 3 is 2.61 bits per heavy atom. The largest absolute Gasteiger partial charge is 0.353 e. The number of piperidine rings is 1. The van der Waals surface area contributed by atoms with Gasteiger partial charge in [-0.15, -0.1) is 11.3 Å². The zero-order valence-electron chi connectivity index (χ0n) is 18.7. The fourth-order valence-electron chi connectivity index (χ4n) is 4.56. The van der Waals surface area contributed by atoms with Gasteiger partial charge in [-0.05, 0) is 44.1 Å². The Labute approximate surface area is 186 Å². The van der Waals surface area contributed by atoms with Gasteiger partial charge < -0.3 is 10.2 Å². The Balaban J connectivity index is 1.33. The van der Waals surface area contributed by atoms with Crippen LogP contribution in [0.1, 0.15) is 63.3 Å². The van der Waals surface area contributed by atoms with Gasteiger partial charge in [-0.2, -0.15) is 0 Å². The van der Waals surface area contributed by atoms with E-state index in [1.165, 1.54) is 16.9 Å². The number of carbonyl (C=O) groups excluding carboxylic acids is 2. The molecule has 1 aliphatic heterocycles. The first kappa shape index (κ1) is 22.0. The lowest BCUT2D eigenvalue weighted by molar-refractivity contribution is -0.140. The van der Waals surface area contributed by atoms with Gasteiger partial charge in [0.25, 0.3) is 5.56 Å². The third-order valence-electron chi connectivity index (χ3n) is 6.31. The molecule has 0 unspecified atom stereocenters. The smallest absolute Gasteiger partial charge is 0.262 e. The highest BCUT2D eigenvalue weighted by atomic mass is 32.1. The van der Waals surface area contributed by atoms with Gasteiger partial charge in [-0.25, -0.2) is 4.98 Å². The van der Waals surface area contributed by atoms with Crippen LogP contribution < -0.4 is 10.9 Å². The Morgan fingerprint density at radius 2 is 1.90 bits per heavy atom. The Morgan fingerprint density at radius 1 is 1.19 bits per heavy atom. The third-order valence-corrected chi connectivity index (χ3v) is 7.51. The molecule has 0 radical (unpaired) electrons. The minimum atomic E-state index is -0.375. The van der Waals surface area contributed by atoms with Crippen molar-refractivity contribution in [2.24, 2.45) is 5.41 Å². The molecule has 0 saturated carbocycles. The lowest BCUT2D eigenvalue weighted by Crippen LogP contribution is -2.49. The molecule has 0 aromatic carbocycles. The number of hydrogen-bond donors (Lipinski definition) is 1. The molecule has 1 saturated heterocycles. The number of nitrogens with one attached hydrogen (secondary N) is 1. The second kappa shape index (κ2) is 8.73. The van der Waals surface area contributed by atoms with E-state index in [9.17, 15) is 14.4 Å². The molecule has 0 atom stereocenters. The topological polar surface area (TPSA) is 84.3 Å². The zero-order valence-corrected chi connectivity index (χ0v) is 19.5. The molecule has 4 rings (SSSR count). The van der Waals surface area contributed by atoms with Crippen LogP contribution in [-0.4, -0.2) is 45.4 Å². The van der Waals surface area contributed by atoms with Crippen molar-refractivity contribution >= 4 is 33.4 Å². The van der Waals surface area contributed by atoms with E-state index in [-0.39, 0.29) is 35.3 Å². The first-order chi connectivity index (χ1) is 14.7. The summed E-state index contributed by atoms with van der Waals surface area (Å²) in [6, 6.07) is 0.0812. The molecule has 0 spiro atoms. The summed E-state index contributed by atoms with van der Waals surface area (Å²) >= 11 is 1.64. The van der Waals surface area contributed by atoms with Crippen molar-refractivity contribution in [1.29, 1.82) is 0 Å². The summed E-state index contributed by atoms with van der Waals surface area (Å²) in [6.45, 7) is 7.48. The van der Waals surface area contributed by atoms with Crippen LogP contribution in [0.15, 0.2) is 11.1 Å². The number of nitrogens with zero attached hydrogens (tertiary/aromatic N) is 3. The maximum absolute atomic E-state index is 13.0. The van der Waals surface area contributed by atoms with E-state index in [0.717, 1.165) is 42.3 Å². The molecule has 1 N–H and O–H groups in total. The van der Waals surface area contributed by atoms with Crippen molar-refractivity contribution in [2.45, 2.75) is 78.3 Å². The Bertz CT molecular complexity index is 1040. The molecule has 1 fully saturated rings. The first-order valence-corrected chi connectivity index (χ1v) is 12.1. The standard InChI is InChI=1S/C23H32N4O3S/c1-23(2,3)22(30)26-11-8-15(9-12-26)25-18(28)10-13-27-14-24-20-19(21(27)29)16-6-4-5-7-17(16)31-20/h14-15H,4-13H2,1-3H3,(H,25,28). The highest BCUT2D eigenvalue weighted by molar-refractivity contribution is 7.18. The molecule has 2 aromatic rings. The van der Waals surface area contributed by atoms with E-state index >= 15 is 0 Å². The SMILES string of the molecule is CC(C)(C)C(=O)N1CCC(NC(=O)CCn2cnc3sc4c(c3c2=O)CCCC4)CC1. The number of likely N-dealkylation sites (tertiary alicyclic amines) is 1. The minimum Gasteiger partial charge on any atom is -0.353 e. The van der Waals surface area contributed by atoms with Crippen LogP contribution in [0.4, 0.5) is 0 Å². The predicted octanol–water partition coefficient (Wildman–Crippen LogP) is 2.88. The Kier molecular flexibility index (Phi) is 6.19. The summed E-state index contributed by atoms with van der Waals surface area (Å²) in [4.78, 5) is 46.4. The molecule has 31 heavy (non-hydrogen) atoms. The quantitative estimate of drug-likeness (QED) is 0.786. The molecular weight excluding hydrogens is 412 g/mol. The van der Waals surface area contributed by atoms with E-state index in [1.807, 2.05) is 25.7 Å². The van der Waals surface area contributed by atoms with E-state index in [1.54, 1.807) is 22.2 Å². The number of carbonyl (C=O) groups is 2. The van der Waals surface area contributed by atoms with E-state index in [2.05, 4.69) is 10.3 Å². The average molecular weight is 445 g/mol. The molecule has 7 nitrogen and oxygen atoms in total. The lowest BCUT2D eigenvalue weighted by atomic mass is 9.93. The number of aromatic nitrogens is 2. The number of rotatable bonds is 4. The van der Waals surface area contributed by atoms with E-state index in [0.29, 0.717) is 19.6 Å². The maximum Gasteiger partial charge on any atom is 0.262 e. The molecule has 1 aliphatic carbocycles. The molecule has 0 bridgehead atoms. The van der Waals surface area contributed by atoms with Crippen molar-refractivity contribution < 1.29 is 9.59 Å². The summed E-state index contributed by atoms with van der Waals surface area (Å²) in [6.07, 6.45) is 7.65. The fraction of sp³-hybridized carbons (Fsp3) is 0.652. The van der Waals surface area contributed by atoms with Crippen LogP contribution in [0.3, 0.4) is 0 Å². The first-order valence-electron chi connectivity index (χ1n) is 11.3. The molecule has 3 heterocycles. The van der Waals surface area contributed by atoms with Crippen molar-refractivity contribution in [3.8, 4) is 0 Å². The normalized spacial score (nSPS) is 17.6. The summed E-state index contributed by atoms with van der Waals surface area (Å²) in [7, 11) is 0. The van der Waals surface area contributed by atoms with Crippen molar-refractivity contribution in [2.75, 3.05) is 13.1 Å². The number of fused-ring (bicyclic) bond motifs is 3. The Hall–Kier alpha value is -2.22. The predicted molar refractivity (Wildman–Crippen MR) is 122 cm³/mol. The second-order valence-electron chi connectivity index (χ2n) is 9.77. The average Bonchev–Trinajstić information content (AvgIpc) is 3.12. The van der Waals surface area contributed by atoms with Gasteiger partial charge in [-0.3, -0.25) is 19.0 Å². The maximum atomic E-state index is 13.0. The lowest BCUT2D eigenvalue weighted by Gasteiger charge is -2.36. The molecule has 2 amide bonds. The molecule has 168 valence electrons. The van der Waals surface area contributed by atoms with Gasteiger partial charge in [0, 0.05) is 42.4 Å². The highest BCUT2D eigenvalue weighted by Gasteiger charge is 2.30. The van der Waals surface area contributed by atoms with Crippen LogP contribution in [0.25, 0.3) is 10.2 Å². The monoisotopic (exact) mass is 444 g/mol. The molecule has 2 aromatic heterocycles. The fourth-order valence-corrected chi connectivity index (χ4v) is 5.78. The number of hydrogen-bond acceptors (Lipinski definition) is 5. The minimum absolute atomic E-state index is 0.0220. The van der Waals surface area contributed by atoms with Gasteiger partial charge in [0.1, 0.15) is 4.83 Å². The molecule has 8 heteroatoms. The highest BCUT2D eigenvalue weighted by Crippen LogP contribution is 2.33. The number of amides is 2. The van der Waals surface area contributed by atoms with Crippen molar-refractivity contribution in [3.05, 3.63) is 27.1 Å². The number of thiophene rings is 1. The van der Waals surface area contributed by atoms with Crippen LogP contribution >= 0.6 is 11.3 Å². The third kappa shape index (κ3) is 4.68. The van der Waals surface area contributed by atoms with Crippen LogP contribution in [0.2, 0.25) is 0 Å². The summed E-state index contributed by atoms with van der Waals surface area (Å²) in [5.74, 6) is 0.107. The van der Waals surface area contributed by atoms with Crippen LogP contribution in [0, 0.1) is 5.41 Å². The second-order valence-corrected chi connectivity index (χ2v) is 10.9. The van der Waals surface area contributed by atoms with E-state index < -0.39 is 0 Å². The van der Waals surface area contributed by atoms with Crippen molar-refractivity contribution in [1.82, 2.24) is 19.8 Å². The van der Waals surface area contributed by atoms with Gasteiger partial charge >= 0.3 is 0 Å². The van der Waals surface area contributed by atoms with Crippen molar-refractivity contribution in [3.63, 3.8) is 0 Å². The zero-order chi connectivity index (χ0) is 22.2. The summed E-state index contributed by atoms with van der Waals surface area (Å²) < 4.78 is 1.58. The molecular formula is C23H32N4O3S. The van der Waals surface area contributed by atoms with E-state index in [4.69, 9.17) is 0 Å². The van der Waals surface area contributed by atoms with Gasteiger partial charge in [-0.1, -0.05) is 20.8 Å². The van der Waals surface area contributed by atoms with Crippen LogP contribution in [-0.2, 0) is 29.0 Å². The number of aryl methyl sites for hydroxylation is 3. The van der Waals surface area contributed by atoms with Crippen LogP contribution in [0.5, 0.6) is 0 Å². The summed E-state index contributed by atoms with van der Waals surface area (Å²) in [5.41, 5.74) is 0.783.